The molecule has 0 saturated carbocycles. The third kappa shape index (κ3) is 4.07. The summed E-state index contributed by atoms with van der Waals surface area (Å²) in [6.07, 6.45) is -1.28. The predicted molar refractivity (Wildman–Crippen MR) is 96.2 cm³/mol. The van der Waals surface area contributed by atoms with E-state index >= 15 is 0 Å². The van der Waals surface area contributed by atoms with Crippen LogP contribution in [0.15, 0.2) is 42.5 Å². The molecular formula is C17H13Cl2N3O4. The summed E-state index contributed by atoms with van der Waals surface area (Å²) in [7, 11) is 0. The molecule has 7 nitrogen and oxygen atoms in total. The molecule has 1 aliphatic rings. The first-order chi connectivity index (χ1) is 12.4. The minimum absolute atomic E-state index is 0.111. The van der Waals surface area contributed by atoms with E-state index in [1.54, 1.807) is 24.3 Å². The van der Waals surface area contributed by atoms with Gasteiger partial charge in [0.15, 0.2) is 6.10 Å². The normalized spacial score (nSPS) is 15.3. The summed E-state index contributed by atoms with van der Waals surface area (Å²) >= 11 is 11.7. The average Bonchev–Trinajstić information content (AvgIpc) is 2.62. The van der Waals surface area contributed by atoms with Crippen LogP contribution in [0.1, 0.15) is 16.8 Å². The van der Waals surface area contributed by atoms with Gasteiger partial charge < -0.3 is 10.1 Å². The maximum atomic E-state index is 12.1. The molecule has 0 aromatic heterocycles. The second kappa shape index (κ2) is 7.63. The first-order valence-corrected chi connectivity index (χ1v) is 8.30. The number of amides is 3. The van der Waals surface area contributed by atoms with Crippen LogP contribution in [-0.4, -0.2) is 23.8 Å². The molecule has 1 heterocycles. The summed E-state index contributed by atoms with van der Waals surface area (Å²) < 4.78 is 5.52. The highest BCUT2D eigenvalue weighted by atomic mass is 35.5. The Labute approximate surface area is 158 Å². The number of ether oxygens (including phenoxy) is 1. The Bertz CT molecular complexity index is 888. The smallest absolute Gasteiger partial charge is 0.271 e. The van der Waals surface area contributed by atoms with Crippen LogP contribution in [0, 0.1) is 0 Å². The number of halogens is 2. The monoisotopic (exact) mass is 393 g/mol. The lowest BCUT2D eigenvalue weighted by atomic mass is 10.1. The molecule has 3 amide bonds. The second-order valence-corrected chi connectivity index (χ2v) is 6.27. The van der Waals surface area contributed by atoms with Gasteiger partial charge in [0.25, 0.3) is 11.8 Å². The van der Waals surface area contributed by atoms with Crippen molar-refractivity contribution >= 4 is 46.6 Å². The number of hydrogen-bond acceptors (Lipinski definition) is 4. The van der Waals surface area contributed by atoms with Gasteiger partial charge in [-0.15, -0.1) is 0 Å². The van der Waals surface area contributed by atoms with Gasteiger partial charge in [-0.1, -0.05) is 35.3 Å². The summed E-state index contributed by atoms with van der Waals surface area (Å²) in [6, 6.07) is 11.3. The number of anilines is 1. The Morgan fingerprint density at radius 3 is 2.69 bits per heavy atom. The van der Waals surface area contributed by atoms with Crippen molar-refractivity contribution < 1.29 is 19.1 Å². The third-order valence-electron chi connectivity index (χ3n) is 3.57. The van der Waals surface area contributed by atoms with Gasteiger partial charge in [0.05, 0.1) is 22.7 Å². The molecule has 0 bridgehead atoms. The quantitative estimate of drug-likeness (QED) is 0.698. The molecule has 1 aliphatic heterocycles. The molecule has 3 N–H and O–H groups in total. The van der Waals surface area contributed by atoms with Crippen LogP contribution in [0.5, 0.6) is 5.75 Å². The lowest BCUT2D eigenvalue weighted by Gasteiger charge is -2.25. The minimum Gasteiger partial charge on any atom is -0.478 e. The van der Waals surface area contributed by atoms with Crippen molar-refractivity contribution in [3.05, 3.63) is 58.1 Å². The number of para-hydroxylation sites is 2. The lowest BCUT2D eigenvalue weighted by molar-refractivity contribution is -0.130. The number of carbonyl (C=O) groups is 3. The topological polar surface area (TPSA) is 96.5 Å². The van der Waals surface area contributed by atoms with E-state index in [0.29, 0.717) is 16.5 Å². The Morgan fingerprint density at radius 2 is 1.88 bits per heavy atom. The molecule has 0 fully saturated rings. The molecule has 0 radical (unpaired) electrons. The minimum atomic E-state index is -1.00. The summed E-state index contributed by atoms with van der Waals surface area (Å²) in [5.74, 6) is -1.20. The van der Waals surface area contributed by atoms with Crippen molar-refractivity contribution in [3.8, 4) is 5.75 Å². The zero-order chi connectivity index (χ0) is 18.7. The Balaban J connectivity index is 1.57. The molecule has 2 aromatic carbocycles. The van der Waals surface area contributed by atoms with Gasteiger partial charge in [-0.05, 0) is 30.3 Å². The highest BCUT2D eigenvalue weighted by Crippen LogP contribution is 2.29. The summed E-state index contributed by atoms with van der Waals surface area (Å²) in [6.45, 7) is 0. The molecule has 134 valence electrons. The standard InChI is InChI=1S/C17H13Cl2N3O4/c18-9-5-6-11(19)10(7-9)16(24)22-21-15(23)8-14-17(25)20-12-3-1-2-4-13(12)26-14/h1-7,14H,8H2,(H,20,25)(H,21,23)(H,22,24)/t14-/m1/s1. The fourth-order valence-corrected chi connectivity index (χ4v) is 2.69. The summed E-state index contributed by atoms with van der Waals surface area (Å²) in [5, 5.41) is 3.17. The van der Waals surface area contributed by atoms with Crippen LogP contribution < -0.4 is 20.9 Å². The zero-order valence-electron chi connectivity index (χ0n) is 13.2. The highest BCUT2D eigenvalue weighted by Gasteiger charge is 2.29. The van der Waals surface area contributed by atoms with Gasteiger partial charge in [-0.25, -0.2) is 0 Å². The first-order valence-electron chi connectivity index (χ1n) is 7.55. The van der Waals surface area contributed by atoms with Crippen molar-refractivity contribution in [1.29, 1.82) is 0 Å². The van der Waals surface area contributed by atoms with Gasteiger partial charge in [0.1, 0.15) is 5.75 Å². The van der Waals surface area contributed by atoms with Crippen molar-refractivity contribution in [2.45, 2.75) is 12.5 Å². The summed E-state index contributed by atoms with van der Waals surface area (Å²) in [4.78, 5) is 36.1. The third-order valence-corrected chi connectivity index (χ3v) is 4.13. The largest absolute Gasteiger partial charge is 0.478 e. The van der Waals surface area contributed by atoms with E-state index < -0.39 is 23.8 Å². The lowest BCUT2D eigenvalue weighted by Crippen LogP contribution is -2.46. The van der Waals surface area contributed by atoms with Crippen molar-refractivity contribution in [2.24, 2.45) is 0 Å². The molecule has 0 saturated heterocycles. The Hall–Kier alpha value is -2.77. The number of nitrogens with one attached hydrogen (secondary N) is 3. The molecule has 0 spiro atoms. The number of hydrogen-bond donors (Lipinski definition) is 3. The predicted octanol–water partition coefficient (Wildman–Crippen LogP) is 2.54. The van der Waals surface area contributed by atoms with Gasteiger partial charge in [0.2, 0.25) is 5.91 Å². The Morgan fingerprint density at radius 1 is 1.12 bits per heavy atom. The van der Waals surface area contributed by atoms with E-state index in [4.69, 9.17) is 27.9 Å². The fraction of sp³-hybridized carbons (Fsp3) is 0.118. The molecule has 0 unspecified atom stereocenters. The maximum absolute atomic E-state index is 12.1. The SMILES string of the molecule is O=C(C[C@H]1Oc2ccccc2NC1=O)NNC(=O)c1cc(Cl)ccc1Cl. The van der Waals surface area contributed by atoms with E-state index in [1.165, 1.54) is 18.2 Å². The fourth-order valence-electron chi connectivity index (χ4n) is 2.31. The van der Waals surface area contributed by atoms with E-state index in [1.807, 2.05) is 0 Å². The number of rotatable bonds is 3. The first kappa shape index (κ1) is 18.0. The number of hydrazine groups is 1. The number of benzene rings is 2. The van der Waals surface area contributed by atoms with Crippen LogP contribution in [0.25, 0.3) is 0 Å². The number of carbonyl (C=O) groups excluding carboxylic acids is 3. The van der Waals surface area contributed by atoms with Crippen LogP contribution in [0.3, 0.4) is 0 Å². The maximum Gasteiger partial charge on any atom is 0.271 e. The van der Waals surface area contributed by atoms with Gasteiger partial charge in [0, 0.05) is 5.02 Å². The van der Waals surface area contributed by atoms with Gasteiger partial charge in [-0.2, -0.15) is 0 Å². The van der Waals surface area contributed by atoms with E-state index in [9.17, 15) is 14.4 Å². The van der Waals surface area contributed by atoms with Crippen molar-refractivity contribution in [2.75, 3.05) is 5.32 Å². The number of fused-ring (bicyclic) bond motifs is 1. The van der Waals surface area contributed by atoms with E-state index in [-0.39, 0.29) is 17.0 Å². The van der Waals surface area contributed by atoms with Crippen LogP contribution in [0.2, 0.25) is 10.0 Å². The molecule has 2 aromatic rings. The van der Waals surface area contributed by atoms with E-state index in [0.717, 1.165) is 0 Å². The van der Waals surface area contributed by atoms with Crippen LogP contribution >= 0.6 is 23.2 Å². The zero-order valence-corrected chi connectivity index (χ0v) is 14.7. The molecular weight excluding hydrogens is 381 g/mol. The molecule has 3 rings (SSSR count). The summed E-state index contributed by atoms with van der Waals surface area (Å²) in [5.41, 5.74) is 5.09. The van der Waals surface area contributed by atoms with Crippen LogP contribution in [-0.2, 0) is 9.59 Å². The molecule has 0 aliphatic carbocycles. The van der Waals surface area contributed by atoms with E-state index in [2.05, 4.69) is 16.2 Å². The average molecular weight is 394 g/mol. The Kier molecular flexibility index (Phi) is 5.29. The highest BCUT2D eigenvalue weighted by molar-refractivity contribution is 6.35. The van der Waals surface area contributed by atoms with Gasteiger partial charge in [-0.3, -0.25) is 25.2 Å². The second-order valence-electron chi connectivity index (χ2n) is 5.42. The molecule has 1 atom stereocenters. The molecule has 9 heteroatoms. The van der Waals surface area contributed by atoms with Gasteiger partial charge >= 0.3 is 0 Å². The van der Waals surface area contributed by atoms with Crippen molar-refractivity contribution in [3.63, 3.8) is 0 Å². The van der Waals surface area contributed by atoms with Crippen molar-refractivity contribution in [1.82, 2.24) is 10.9 Å². The molecule has 26 heavy (non-hydrogen) atoms. The van der Waals surface area contributed by atoms with Crippen LogP contribution in [0.4, 0.5) is 5.69 Å².